The minimum atomic E-state index is -0.544. The molecule has 0 amide bonds. The number of benzene rings is 1. The Labute approximate surface area is 112 Å². The predicted molar refractivity (Wildman–Crippen MR) is 72.2 cm³/mol. The molecule has 0 bridgehead atoms. The van der Waals surface area contributed by atoms with Gasteiger partial charge >= 0.3 is 0 Å². The Hall–Kier alpha value is -2.13. The van der Waals surface area contributed by atoms with Crippen molar-refractivity contribution in [1.82, 2.24) is 0 Å². The van der Waals surface area contributed by atoms with Crippen molar-refractivity contribution < 1.29 is 9.66 Å². The molecule has 0 radical (unpaired) electrons. The predicted octanol–water partition coefficient (Wildman–Crippen LogP) is 2.33. The SMILES string of the molecule is CCN(c1ccc([N+](=O)[O-])c(C#N)c1)C(C)COC. The molecule has 0 fully saturated rings. The Kier molecular flexibility index (Phi) is 5.27. The molecule has 0 aliphatic carbocycles. The van der Waals surface area contributed by atoms with Crippen LogP contribution in [0.1, 0.15) is 19.4 Å². The molecular weight excluding hydrogens is 246 g/mol. The van der Waals surface area contributed by atoms with E-state index in [1.165, 1.54) is 6.07 Å². The van der Waals surface area contributed by atoms with Gasteiger partial charge in [-0.3, -0.25) is 10.1 Å². The average Bonchev–Trinajstić information content (AvgIpc) is 2.39. The number of ether oxygens (including phenoxy) is 1. The van der Waals surface area contributed by atoms with Gasteiger partial charge in [-0.1, -0.05) is 0 Å². The molecule has 102 valence electrons. The number of hydrogen-bond acceptors (Lipinski definition) is 5. The molecule has 0 N–H and O–H groups in total. The number of nitro benzene ring substituents is 1. The number of rotatable bonds is 6. The van der Waals surface area contributed by atoms with Gasteiger partial charge in [0.1, 0.15) is 11.6 Å². The highest BCUT2D eigenvalue weighted by Crippen LogP contribution is 2.25. The summed E-state index contributed by atoms with van der Waals surface area (Å²) in [6, 6.07) is 6.58. The number of methoxy groups -OCH3 is 1. The quantitative estimate of drug-likeness (QED) is 0.581. The maximum absolute atomic E-state index is 10.8. The maximum atomic E-state index is 10.8. The molecule has 1 aromatic rings. The second-order valence-corrected chi connectivity index (χ2v) is 4.16. The molecule has 0 aromatic heterocycles. The van der Waals surface area contributed by atoms with Gasteiger partial charge in [0.25, 0.3) is 5.69 Å². The van der Waals surface area contributed by atoms with E-state index in [4.69, 9.17) is 10.00 Å². The first-order valence-electron chi connectivity index (χ1n) is 5.99. The van der Waals surface area contributed by atoms with Gasteiger partial charge in [0.15, 0.2) is 0 Å². The fraction of sp³-hybridized carbons (Fsp3) is 0.462. The van der Waals surface area contributed by atoms with Crippen LogP contribution in [0.5, 0.6) is 0 Å². The zero-order chi connectivity index (χ0) is 14.4. The van der Waals surface area contributed by atoms with Crippen LogP contribution in [0.4, 0.5) is 11.4 Å². The standard InChI is InChI=1S/C13H17N3O3/c1-4-15(10(2)9-19-3)12-5-6-13(16(17)18)11(7-12)8-14/h5-7,10H,4,9H2,1-3H3. The molecule has 0 saturated heterocycles. The summed E-state index contributed by atoms with van der Waals surface area (Å²) in [5, 5.41) is 19.8. The lowest BCUT2D eigenvalue weighted by atomic mass is 10.1. The number of likely N-dealkylation sites (N-methyl/N-ethyl adjacent to an activating group) is 1. The summed E-state index contributed by atoms with van der Waals surface area (Å²) >= 11 is 0. The largest absolute Gasteiger partial charge is 0.383 e. The van der Waals surface area contributed by atoms with Crippen LogP contribution in [-0.4, -0.2) is 31.2 Å². The van der Waals surface area contributed by atoms with Crippen LogP contribution in [0.15, 0.2) is 18.2 Å². The van der Waals surface area contributed by atoms with Crippen LogP contribution < -0.4 is 4.90 Å². The third-order valence-corrected chi connectivity index (χ3v) is 2.91. The van der Waals surface area contributed by atoms with Crippen molar-refractivity contribution in [2.75, 3.05) is 25.2 Å². The van der Waals surface area contributed by atoms with E-state index >= 15 is 0 Å². The summed E-state index contributed by atoms with van der Waals surface area (Å²) in [7, 11) is 1.63. The number of nitriles is 1. The Morgan fingerprint density at radius 3 is 2.74 bits per heavy atom. The van der Waals surface area contributed by atoms with Crippen molar-refractivity contribution in [2.24, 2.45) is 0 Å². The molecule has 1 aromatic carbocycles. The molecule has 0 spiro atoms. The van der Waals surface area contributed by atoms with Gasteiger partial charge in [-0.05, 0) is 26.0 Å². The van der Waals surface area contributed by atoms with Gasteiger partial charge in [0, 0.05) is 31.5 Å². The molecule has 0 saturated carbocycles. The highest BCUT2D eigenvalue weighted by molar-refractivity contribution is 5.60. The first kappa shape index (κ1) is 14.9. The molecular formula is C13H17N3O3. The number of nitrogens with zero attached hydrogens (tertiary/aromatic N) is 3. The van der Waals surface area contributed by atoms with Gasteiger partial charge in [-0.2, -0.15) is 5.26 Å². The Balaban J connectivity index is 3.13. The van der Waals surface area contributed by atoms with Crippen molar-refractivity contribution in [1.29, 1.82) is 5.26 Å². The van der Waals surface area contributed by atoms with Crippen molar-refractivity contribution >= 4 is 11.4 Å². The number of nitro groups is 1. The van der Waals surface area contributed by atoms with Crippen molar-refractivity contribution in [2.45, 2.75) is 19.9 Å². The van der Waals surface area contributed by atoms with Gasteiger partial charge in [-0.25, -0.2) is 0 Å². The highest BCUT2D eigenvalue weighted by atomic mass is 16.6. The first-order valence-corrected chi connectivity index (χ1v) is 5.99. The van der Waals surface area contributed by atoms with Crippen LogP contribution in [0.25, 0.3) is 0 Å². The molecule has 0 aliphatic heterocycles. The Morgan fingerprint density at radius 2 is 2.26 bits per heavy atom. The molecule has 6 nitrogen and oxygen atoms in total. The molecule has 1 atom stereocenters. The lowest BCUT2D eigenvalue weighted by Gasteiger charge is -2.29. The van der Waals surface area contributed by atoms with E-state index in [0.717, 1.165) is 12.2 Å². The molecule has 6 heteroatoms. The van der Waals surface area contributed by atoms with Gasteiger partial charge < -0.3 is 9.64 Å². The van der Waals surface area contributed by atoms with Crippen molar-refractivity contribution in [3.8, 4) is 6.07 Å². The normalized spacial score (nSPS) is 11.7. The van der Waals surface area contributed by atoms with Crippen molar-refractivity contribution in [3.63, 3.8) is 0 Å². The summed E-state index contributed by atoms with van der Waals surface area (Å²) in [5.41, 5.74) is 0.696. The minimum absolute atomic E-state index is 0.0746. The zero-order valence-corrected chi connectivity index (χ0v) is 11.3. The fourth-order valence-electron chi connectivity index (χ4n) is 2.03. The second-order valence-electron chi connectivity index (χ2n) is 4.16. The third kappa shape index (κ3) is 3.42. The molecule has 0 heterocycles. The van der Waals surface area contributed by atoms with Gasteiger partial charge in [0.2, 0.25) is 0 Å². The van der Waals surface area contributed by atoms with Crippen LogP contribution in [-0.2, 0) is 4.74 Å². The fourth-order valence-corrected chi connectivity index (χ4v) is 2.03. The smallest absolute Gasteiger partial charge is 0.287 e. The van der Waals surface area contributed by atoms with Crippen molar-refractivity contribution in [3.05, 3.63) is 33.9 Å². The number of anilines is 1. The molecule has 1 rings (SSSR count). The molecule has 0 aliphatic rings. The summed E-state index contributed by atoms with van der Waals surface area (Å²) in [6.07, 6.45) is 0. The molecule has 19 heavy (non-hydrogen) atoms. The number of hydrogen-bond donors (Lipinski definition) is 0. The van der Waals surface area contributed by atoms with Crippen LogP contribution in [0.3, 0.4) is 0 Å². The van der Waals surface area contributed by atoms with Gasteiger partial charge in [0.05, 0.1) is 11.5 Å². The van der Waals surface area contributed by atoms with Crippen LogP contribution >= 0.6 is 0 Å². The maximum Gasteiger partial charge on any atom is 0.287 e. The van der Waals surface area contributed by atoms with E-state index in [1.807, 2.05) is 24.8 Å². The summed E-state index contributed by atoms with van der Waals surface area (Å²) in [4.78, 5) is 12.3. The van der Waals surface area contributed by atoms with Crippen LogP contribution in [0, 0.1) is 21.4 Å². The second kappa shape index (κ2) is 6.71. The zero-order valence-electron chi connectivity index (χ0n) is 11.3. The first-order chi connectivity index (χ1) is 9.04. The van der Waals surface area contributed by atoms with E-state index in [0.29, 0.717) is 6.61 Å². The highest BCUT2D eigenvalue weighted by Gasteiger charge is 2.18. The Morgan fingerprint density at radius 1 is 1.58 bits per heavy atom. The van der Waals surface area contributed by atoms with Crippen LogP contribution in [0.2, 0.25) is 0 Å². The van der Waals surface area contributed by atoms with E-state index < -0.39 is 4.92 Å². The lowest BCUT2D eigenvalue weighted by Crippen LogP contribution is -2.36. The topological polar surface area (TPSA) is 79.4 Å². The molecule has 1 unspecified atom stereocenters. The Bertz CT molecular complexity index is 496. The summed E-state index contributed by atoms with van der Waals surface area (Å²) in [6.45, 7) is 5.26. The monoisotopic (exact) mass is 263 g/mol. The van der Waals surface area contributed by atoms with E-state index in [1.54, 1.807) is 19.2 Å². The van der Waals surface area contributed by atoms with E-state index in [2.05, 4.69) is 0 Å². The van der Waals surface area contributed by atoms with Gasteiger partial charge in [-0.15, -0.1) is 0 Å². The van der Waals surface area contributed by atoms with E-state index in [-0.39, 0.29) is 17.3 Å². The summed E-state index contributed by atoms with van der Waals surface area (Å²) < 4.78 is 5.11. The minimum Gasteiger partial charge on any atom is -0.383 e. The average molecular weight is 263 g/mol. The third-order valence-electron chi connectivity index (χ3n) is 2.91. The summed E-state index contributed by atoms with van der Waals surface area (Å²) in [5.74, 6) is 0. The lowest BCUT2D eigenvalue weighted by molar-refractivity contribution is -0.385. The van der Waals surface area contributed by atoms with E-state index in [9.17, 15) is 10.1 Å².